The SMILES string of the molecule is O=C1C2=C(OC3CCC(F)CC13)C(=O)N(Cc1ccc(F)cc1)C2c1cccc(O)c1. The van der Waals surface area contributed by atoms with Crippen LogP contribution in [0.3, 0.4) is 0 Å². The molecule has 160 valence electrons. The van der Waals surface area contributed by atoms with Crippen LogP contribution >= 0.6 is 0 Å². The summed E-state index contributed by atoms with van der Waals surface area (Å²) in [5.41, 5.74) is 1.46. The number of phenolic OH excluding ortho intramolecular Hbond substituents is 1. The fourth-order valence-electron chi connectivity index (χ4n) is 4.85. The molecule has 0 aromatic heterocycles. The molecule has 3 aliphatic rings. The lowest BCUT2D eigenvalue weighted by molar-refractivity contribution is -0.136. The van der Waals surface area contributed by atoms with Crippen LogP contribution in [0.2, 0.25) is 0 Å². The van der Waals surface area contributed by atoms with Gasteiger partial charge in [-0.2, -0.15) is 0 Å². The number of Topliss-reactive ketones (excluding diaryl/α,β-unsaturated/α-hetero) is 1. The van der Waals surface area contributed by atoms with Gasteiger partial charge in [-0.15, -0.1) is 0 Å². The van der Waals surface area contributed by atoms with E-state index in [1.807, 2.05) is 0 Å². The van der Waals surface area contributed by atoms with Gasteiger partial charge in [-0.05, 0) is 54.7 Å². The van der Waals surface area contributed by atoms with Gasteiger partial charge in [0.05, 0.1) is 17.5 Å². The van der Waals surface area contributed by atoms with E-state index in [2.05, 4.69) is 0 Å². The van der Waals surface area contributed by atoms with E-state index in [9.17, 15) is 23.5 Å². The van der Waals surface area contributed by atoms with E-state index >= 15 is 0 Å². The molecule has 1 saturated carbocycles. The first-order valence-corrected chi connectivity index (χ1v) is 10.4. The van der Waals surface area contributed by atoms with Crippen LogP contribution in [-0.4, -0.2) is 34.0 Å². The number of benzene rings is 2. The Hall–Kier alpha value is -3.22. The molecule has 2 aliphatic heterocycles. The maximum Gasteiger partial charge on any atom is 0.290 e. The maximum atomic E-state index is 14.1. The lowest BCUT2D eigenvalue weighted by atomic mass is 9.77. The molecule has 31 heavy (non-hydrogen) atoms. The zero-order valence-corrected chi connectivity index (χ0v) is 16.6. The second-order valence-electron chi connectivity index (χ2n) is 8.34. The zero-order valence-electron chi connectivity index (χ0n) is 16.6. The van der Waals surface area contributed by atoms with E-state index in [0.717, 1.165) is 0 Å². The quantitative estimate of drug-likeness (QED) is 0.808. The van der Waals surface area contributed by atoms with Crippen molar-refractivity contribution in [3.05, 3.63) is 76.8 Å². The average Bonchev–Trinajstić information content (AvgIpc) is 3.02. The number of hydrogen-bond acceptors (Lipinski definition) is 4. The smallest absolute Gasteiger partial charge is 0.290 e. The first kappa shape index (κ1) is 19.7. The average molecular weight is 425 g/mol. The van der Waals surface area contributed by atoms with E-state index in [-0.39, 0.29) is 41.6 Å². The van der Waals surface area contributed by atoms with Gasteiger partial charge in [0.1, 0.15) is 23.8 Å². The monoisotopic (exact) mass is 425 g/mol. The first-order valence-electron chi connectivity index (χ1n) is 10.4. The number of aromatic hydroxyl groups is 1. The molecule has 5 nitrogen and oxygen atoms in total. The van der Waals surface area contributed by atoms with E-state index in [0.29, 0.717) is 24.0 Å². The molecule has 1 fully saturated rings. The Balaban J connectivity index is 1.57. The van der Waals surface area contributed by atoms with Gasteiger partial charge in [0.25, 0.3) is 5.91 Å². The van der Waals surface area contributed by atoms with Gasteiger partial charge < -0.3 is 14.7 Å². The molecule has 1 N–H and O–H groups in total. The molecule has 1 aliphatic carbocycles. The van der Waals surface area contributed by atoms with Crippen LogP contribution in [0, 0.1) is 11.7 Å². The molecule has 1 amide bonds. The third-order valence-electron chi connectivity index (χ3n) is 6.33. The van der Waals surface area contributed by atoms with Gasteiger partial charge >= 0.3 is 0 Å². The number of fused-ring (bicyclic) bond motifs is 1. The zero-order chi connectivity index (χ0) is 21.7. The van der Waals surface area contributed by atoms with Crippen LogP contribution in [-0.2, 0) is 20.9 Å². The van der Waals surface area contributed by atoms with Gasteiger partial charge in [-0.1, -0.05) is 24.3 Å². The molecular formula is C24H21F2NO4. The minimum absolute atomic E-state index is 0.00396. The van der Waals surface area contributed by atoms with E-state index in [1.165, 1.54) is 29.2 Å². The summed E-state index contributed by atoms with van der Waals surface area (Å²) in [7, 11) is 0. The van der Waals surface area contributed by atoms with Crippen LogP contribution in [0.15, 0.2) is 59.9 Å². The molecule has 0 spiro atoms. The number of phenols is 1. The van der Waals surface area contributed by atoms with Gasteiger partial charge in [0.15, 0.2) is 11.5 Å². The molecule has 4 atom stereocenters. The molecule has 2 aromatic rings. The van der Waals surface area contributed by atoms with Crippen molar-refractivity contribution in [2.24, 2.45) is 5.92 Å². The number of hydrogen-bond donors (Lipinski definition) is 1. The van der Waals surface area contributed by atoms with Crippen molar-refractivity contribution in [2.45, 2.75) is 44.1 Å². The Morgan fingerprint density at radius 3 is 2.61 bits per heavy atom. The largest absolute Gasteiger partial charge is 0.508 e. The second kappa shape index (κ2) is 7.48. The van der Waals surface area contributed by atoms with Crippen molar-refractivity contribution in [1.82, 2.24) is 4.90 Å². The number of ether oxygens (including phenoxy) is 1. The Bertz CT molecular complexity index is 1080. The number of carbonyl (C=O) groups is 2. The van der Waals surface area contributed by atoms with Crippen molar-refractivity contribution in [1.29, 1.82) is 0 Å². The number of nitrogens with zero attached hydrogens (tertiary/aromatic N) is 1. The summed E-state index contributed by atoms with van der Waals surface area (Å²) >= 11 is 0. The summed E-state index contributed by atoms with van der Waals surface area (Å²) in [6.07, 6.45) is -0.795. The van der Waals surface area contributed by atoms with Crippen molar-refractivity contribution in [3.8, 4) is 5.75 Å². The Morgan fingerprint density at radius 1 is 1.10 bits per heavy atom. The fraction of sp³-hybridized carbons (Fsp3) is 0.333. The predicted molar refractivity (Wildman–Crippen MR) is 107 cm³/mol. The van der Waals surface area contributed by atoms with Gasteiger partial charge in [-0.3, -0.25) is 9.59 Å². The molecular weight excluding hydrogens is 404 g/mol. The van der Waals surface area contributed by atoms with Crippen LogP contribution in [0.4, 0.5) is 8.78 Å². The summed E-state index contributed by atoms with van der Waals surface area (Å²) in [5, 5.41) is 10.0. The van der Waals surface area contributed by atoms with Crippen LogP contribution in [0.25, 0.3) is 0 Å². The highest BCUT2D eigenvalue weighted by molar-refractivity contribution is 6.11. The predicted octanol–water partition coefficient (Wildman–Crippen LogP) is 3.98. The Kier molecular flexibility index (Phi) is 4.76. The van der Waals surface area contributed by atoms with Crippen molar-refractivity contribution in [2.75, 3.05) is 0 Å². The normalized spacial score (nSPS) is 27.7. The molecule has 0 radical (unpaired) electrons. The fourth-order valence-corrected chi connectivity index (χ4v) is 4.85. The van der Waals surface area contributed by atoms with Crippen LogP contribution in [0.1, 0.15) is 36.4 Å². The third-order valence-corrected chi connectivity index (χ3v) is 6.33. The summed E-state index contributed by atoms with van der Waals surface area (Å²) in [4.78, 5) is 28.3. The summed E-state index contributed by atoms with van der Waals surface area (Å²) in [5.74, 6) is -1.69. The maximum absolute atomic E-state index is 14.1. The number of carbonyl (C=O) groups excluding carboxylic acids is 2. The van der Waals surface area contributed by atoms with Crippen molar-refractivity contribution in [3.63, 3.8) is 0 Å². The number of rotatable bonds is 3. The molecule has 2 heterocycles. The van der Waals surface area contributed by atoms with Gasteiger partial charge in [-0.25, -0.2) is 8.78 Å². The van der Waals surface area contributed by atoms with E-state index in [1.54, 1.807) is 24.3 Å². The summed E-state index contributed by atoms with van der Waals surface area (Å²) in [6.45, 7) is 0.129. The van der Waals surface area contributed by atoms with Crippen molar-refractivity contribution >= 4 is 11.7 Å². The highest BCUT2D eigenvalue weighted by Gasteiger charge is 2.52. The third kappa shape index (κ3) is 3.38. The highest BCUT2D eigenvalue weighted by atomic mass is 19.1. The Morgan fingerprint density at radius 2 is 1.87 bits per heavy atom. The van der Waals surface area contributed by atoms with Crippen molar-refractivity contribution < 1.29 is 28.2 Å². The standard InChI is InChI=1S/C24H21F2NO4/c25-15-6-4-13(5-7-15)12-27-21(14-2-1-3-17(28)10-14)20-22(29)18-11-16(26)8-9-19(18)31-23(20)24(27)30/h1-7,10,16,18-19,21,28H,8-9,11-12H2. The summed E-state index contributed by atoms with van der Waals surface area (Å²) in [6, 6.07) is 11.4. The molecule has 2 aromatic carbocycles. The number of amides is 1. The molecule has 0 bridgehead atoms. The van der Waals surface area contributed by atoms with E-state index in [4.69, 9.17) is 4.74 Å². The lowest BCUT2D eigenvalue weighted by Crippen LogP contribution is -2.42. The lowest BCUT2D eigenvalue weighted by Gasteiger charge is -2.36. The number of alkyl halides is 1. The molecule has 4 unspecified atom stereocenters. The van der Waals surface area contributed by atoms with Crippen LogP contribution in [0.5, 0.6) is 5.75 Å². The highest BCUT2D eigenvalue weighted by Crippen LogP contribution is 2.47. The second-order valence-corrected chi connectivity index (χ2v) is 8.34. The minimum atomic E-state index is -1.07. The number of halogens is 2. The van der Waals surface area contributed by atoms with Crippen LogP contribution < -0.4 is 0 Å². The first-order chi connectivity index (χ1) is 14.9. The topological polar surface area (TPSA) is 66.8 Å². The molecule has 5 rings (SSSR count). The Labute approximate surface area is 177 Å². The summed E-state index contributed by atoms with van der Waals surface area (Å²) < 4.78 is 33.4. The number of ketones is 1. The molecule has 0 saturated heterocycles. The van der Waals surface area contributed by atoms with Gasteiger partial charge in [0.2, 0.25) is 0 Å². The molecule has 7 heteroatoms. The minimum Gasteiger partial charge on any atom is -0.508 e. The van der Waals surface area contributed by atoms with Gasteiger partial charge in [0, 0.05) is 6.54 Å². The van der Waals surface area contributed by atoms with E-state index < -0.39 is 30.1 Å².